The van der Waals surface area contributed by atoms with Crippen LogP contribution < -0.4 is 11.1 Å². The van der Waals surface area contributed by atoms with Gasteiger partial charge in [-0.15, -0.1) is 0 Å². The van der Waals surface area contributed by atoms with Gasteiger partial charge in [0.15, 0.2) is 0 Å². The molecular formula is C15H17N3O3. The number of amides is 1. The summed E-state index contributed by atoms with van der Waals surface area (Å²) in [6.07, 6.45) is 1.71. The van der Waals surface area contributed by atoms with Crippen LogP contribution in [0.5, 0.6) is 0 Å². The molecule has 110 valence electrons. The Hall–Kier alpha value is -2.76. The molecular weight excluding hydrogens is 270 g/mol. The number of hydrogen-bond acceptors (Lipinski definition) is 4. The first-order valence-corrected chi connectivity index (χ1v) is 6.50. The molecule has 3 N–H and O–H groups in total. The van der Waals surface area contributed by atoms with Crippen LogP contribution in [0.2, 0.25) is 0 Å². The van der Waals surface area contributed by atoms with Gasteiger partial charge in [-0.05, 0) is 31.2 Å². The Morgan fingerprint density at radius 2 is 2.10 bits per heavy atom. The number of nitrogens with zero attached hydrogens (tertiary/aromatic N) is 1. The van der Waals surface area contributed by atoms with E-state index < -0.39 is 5.97 Å². The van der Waals surface area contributed by atoms with Crippen molar-refractivity contribution in [2.45, 2.75) is 13.5 Å². The molecule has 0 aliphatic heterocycles. The third-order valence-electron chi connectivity index (χ3n) is 3.03. The predicted molar refractivity (Wildman–Crippen MR) is 80.3 cm³/mol. The molecule has 6 heteroatoms. The maximum absolute atomic E-state index is 12.3. The highest BCUT2D eigenvalue weighted by molar-refractivity contribution is 6.04. The molecule has 0 aliphatic rings. The third kappa shape index (κ3) is 3.22. The van der Waals surface area contributed by atoms with E-state index in [1.165, 1.54) is 7.11 Å². The quantitative estimate of drug-likeness (QED) is 0.843. The van der Waals surface area contributed by atoms with Crippen molar-refractivity contribution in [3.8, 4) is 0 Å². The molecule has 2 aromatic rings. The number of methoxy groups -OCH3 is 1. The molecule has 0 radical (unpaired) electrons. The van der Waals surface area contributed by atoms with Crippen LogP contribution in [0.25, 0.3) is 0 Å². The lowest BCUT2D eigenvalue weighted by molar-refractivity contribution is 0.0600. The summed E-state index contributed by atoms with van der Waals surface area (Å²) in [5.41, 5.74) is 7.60. The lowest BCUT2D eigenvalue weighted by Crippen LogP contribution is -2.16. The van der Waals surface area contributed by atoms with Crippen molar-refractivity contribution in [1.29, 1.82) is 0 Å². The van der Waals surface area contributed by atoms with Gasteiger partial charge in [0, 0.05) is 18.4 Å². The average molecular weight is 287 g/mol. The molecule has 21 heavy (non-hydrogen) atoms. The van der Waals surface area contributed by atoms with Gasteiger partial charge >= 0.3 is 5.97 Å². The number of aryl methyl sites for hydroxylation is 1. The number of rotatable bonds is 4. The minimum absolute atomic E-state index is 0.282. The first-order valence-electron chi connectivity index (χ1n) is 6.50. The molecule has 0 aliphatic carbocycles. The smallest absolute Gasteiger partial charge is 0.337 e. The molecule has 0 saturated heterocycles. The predicted octanol–water partition coefficient (Wildman–Crippen LogP) is 2.13. The van der Waals surface area contributed by atoms with Crippen molar-refractivity contribution in [2.75, 3.05) is 18.2 Å². The van der Waals surface area contributed by atoms with Crippen molar-refractivity contribution in [3.63, 3.8) is 0 Å². The summed E-state index contributed by atoms with van der Waals surface area (Å²) in [6.45, 7) is 2.57. The lowest BCUT2D eigenvalue weighted by atomic mass is 10.2. The van der Waals surface area contributed by atoms with Crippen LogP contribution in [0.1, 0.15) is 27.8 Å². The molecule has 0 bridgehead atoms. The van der Waals surface area contributed by atoms with Crippen LogP contribution in [0, 0.1) is 0 Å². The summed E-state index contributed by atoms with van der Waals surface area (Å²) in [4.78, 5) is 23.7. The van der Waals surface area contributed by atoms with Gasteiger partial charge in [0.1, 0.15) is 5.69 Å². The summed E-state index contributed by atoms with van der Waals surface area (Å²) in [7, 11) is 1.31. The number of nitrogen functional groups attached to an aromatic ring is 1. The first kappa shape index (κ1) is 14.6. The fourth-order valence-corrected chi connectivity index (χ4v) is 2.02. The van der Waals surface area contributed by atoms with Gasteiger partial charge in [-0.1, -0.05) is 6.07 Å². The van der Waals surface area contributed by atoms with Crippen molar-refractivity contribution >= 4 is 23.3 Å². The van der Waals surface area contributed by atoms with Crippen molar-refractivity contribution in [3.05, 3.63) is 47.8 Å². The van der Waals surface area contributed by atoms with E-state index in [9.17, 15) is 9.59 Å². The number of nitrogens with two attached hydrogens (primary N) is 1. The average Bonchev–Trinajstić information content (AvgIpc) is 2.88. The van der Waals surface area contributed by atoms with Gasteiger partial charge < -0.3 is 20.4 Å². The monoisotopic (exact) mass is 287 g/mol. The lowest BCUT2D eigenvalue weighted by Gasteiger charge is -2.08. The molecule has 0 saturated carbocycles. The minimum Gasteiger partial charge on any atom is -0.465 e. The first-order chi connectivity index (χ1) is 10.0. The second kappa shape index (κ2) is 6.13. The topological polar surface area (TPSA) is 86.4 Å². The number of hydrogen-bond donors (Lipinski definition) is 2. The number of ether oxygens (including phenoxy) is 1. The van der Waals surface area contributed by atoms with Gasteiger partial charge in [0.05, 0.1) is 18.4 Å². The van der Waals surface area contributed by atoms with E-state index in [1.807, 2.05) is 6.92 Å². The number of anilines is 2. The second-order valence-corrected chi connectivity index (χ2v) is 4.47. The Kier molecular flexibility index (Phi) is 4.27. The van der Waals surface area contributed by atoms with Gasteiger partial charge in [0.2, 0.25) is 0 Å². The largest absolute Gasteiger partial charge is 0.465 e. The zero-order chi connectivity index (χ0) is 15.4. The zero-order valence-electron chi connectivity index (χ0n) is 11.9. The van der Waals surface area contributed by atoms with E-state index in [2.05, 4.69) is 10.1 Å². The molecule has 0 spiro atoms. The highest BCUT2D eigenvalue weighted by atomic mass is 16.5. The summed E-state index contributed by atoms with van der Waals surface area (Å²) < 4.78 is 6.41. The van der Waals surface area contributed by atoms with Gasteiger partial charge in [-0.2, -0.15) is 0 Å². The van der Waals surface area contributed by atoms with E-state index >= 15 is 0 Å². The summed E-state index contributed by atoms with van der Waals surface area (Å²) in [6, 6.07) is 8.17. The van der Waals surface area contributed by atoms with E-state index in [-0.39, 0.29) is 5.91 Å². The number of esters is 1. The Labute approximate surface area is 122 Å². The van der Waals surface area contributed by atoms with Crippen LogP contribution in [-0.2, 0) is 11.3 Å². The van der Waals surface area contributed by atoms with Crippen LogP contribution in [0.15, 0.2) is 36.5 Å². The molecule has 1 aromatic heterocycles. The number of aromatic nitrogens is 1. The van der Waals surface area contributed by atoms with Gasteiger partial charge in [-0.3, -0.25) is 4.79 Å². The van der Waals surface area contributed by atoms with Crippen molar-refractivity contribution < 1.29 is 14.3 Å². The summed E-state index contributed by atoms with van der Waals surface area (Å²) in [5, 5.41) is 2.74. The van der Waals surface area contributed by atoms with Crippen molar-refractivity contribution in [2.24, 2.45) is 0 Å². The Morgan fingerprint density at radius 1 is 1.33 bits per heavy atom. The van der Waals surface area contributed by atoms with Gasteiger partial charge in [-0.25, -0.2) is 4.79 Å². The SMILES string of the molecule is CCn1cc(N)cc1C(=O)Nc1cccc(C(=O)OC)c1. The number of nitrogens with one attached hydrogen (secondary N) is 1. The Morgan fingerprint density at radius 3 is 2.76 bits per heavy atom. The minimum atomic E-state index is -0.452. The molecule has 2 rings (SSSR count). The van der Waals surface area contributed by atoms with E-state index in [1.54, 1.807) is 41.1 Å². The standard InChI is InChI=1S/C15H17N3O3/c1-3-18-9-11(16)8-13(18)14(19)17-12-6-4-5-10(7-12)15(20)21-2/h4-9H,3,16H2,1-2H3,(H,17,19). The Bertz CT molecular complexity index is 677. The van der Waals surface area contributed by atoms with Crippen LogP contribution in [0.4, 0.5) is 11.4 Å². The molecule has 0 unspecified atom stereocenters. The van der Waals surface area contributed by atoms with E-state index in [0.717, 1.165) is 0 Å². The number of carbonyl (C=O) groups excluding carboxylic acids is 2. The number of benzene rings is 1. The van der Waals surface area contributed by atoms with Crippen molar-refractivity contribution in [1.82, 2.24) is 4.57 Å². The normalized spacial score (nSPS) is 10.2. The summed E-state index contributed by atoms with van der Waals surface area (Å²) >= 11 is 0. The van der Waals surface area contributed by atoms with E-state index in [4.69, 9.17) is 5.73 Å². The fraction of sp³-hybridized carbons (Fsp3) is 0.200. The van der Waals surface area contributed by atoms with Gasteiger partial charge in [0.25, 0.3) is 5.91 Å². The van der Waals surface area contributed by atoms with Crippen LogP contribution >= 0.6 is 0 Å². The van der Waals surface area contributed by atoms with E-state index in [0.29, 0.717) is 29.2 Å². The van der Waals surface area contributed by atoms with Crippen LogP contribution in [0.3, 0.4) is 0 Å². The second-order valence-electron chi connectivity index (χ2n) is 4.47. The maximum atomic E-state index is 12.3. The summed E-state index contributed by atoms with van der Waals surface area (Å²) in [5.74, 6) is -0.733. The highest BCUT2D eigenvalue weighted by Crippen LogP contribution is 2.15. The molecule has 1 amide bonds. The zero-order valence-corrected chi connectivity index (χ0v) is 11.9. The number of carbonyl (C=O) groups is 2. The maximum Gasteiger partial charge on any atom is 0.337 e. The molecule has 1 heterocycles. The molecule has 6 nitrogen and oxygen atoms in total. The Balaban J connectivity index is 2.21. The molecule has 1 aromatic carbocycles. The molecule has 0 fully saturated rings. The molecule has 0 atom stereocenters. The fourth-order valence-electron chi connectivity index (χ4n) is 2.02. The van der Waals surface area contributed by atoms with Crippen LogP contribution in [-0.4, -0.2) is 23.6 Å². The third-order valence-corrected chi connectivity index (χ3v) is 3.03. The highest BCUT2D eigenvalue weighted by Gasteiger charge is 2.13.